The fourth-order valence-electron chi connectivity index (χ4n) is 4.00. The second kappa shape index (κ2) is 7.98. The zero-order valence-corrected chi connectivity index (χ0v) is 14.9. The van der Waals surface area contributed by atoms with E-state index in [0.717, 1.165) is 50.9 Å². The van der Waals surface area contributed by atoms with Gasteiger partial charge in [-0.3, -0.25) is 9.59 Å². The Hall–Kier alpha value is -1.91. The molecule has 0 saturated carbocycles. The summed E-state index contributed by atoms with van der Waals surface area (Å²) in [6.07, 6.45) is 4.90. The van der Waals surface area contributed by atoms with E-state index in [-0.39, 0.29) is 23.5 Å². The van der Waals surface area contributed by atoms with Crippen molar-refractivity contribution >= 4 is 11.8 Å². The first-order valence-corrected chi connectivity index (χ1v) is 9.37. The summed E-state index contributed by atoms with van der Waals surface area (Å²) in [4.78, 5) is 28.6. The van der Waals surface area contributed by atoms with Crippen LogP contribution in [0.25, 0.3) is 0 Å². The fourth-order valence-corrected chi connectivity index (χ4v) is 4.00. The number of halogens is 1. The second-order valence-corrected chi connectivity index (χ2v) is 7.31. The highest BCUT2D eigenvalue weighted by Gasteiger charge is 2.30. The van der Waals surface area contributed by atoms with E-state index < -0.39 is 0 Å². The van der Waals surface area contributed by atoms with Crippen LogP contribution < -0.4 is 0 Å². The quantitative estimate of drug-likeness (QED) is 0.839. The molecule has 0 N–H and O–H groups in total. The van der Waals surface area contributed by atoms with Crippen LogP contribution in [0.15, 0.2) is 24.3 Å². The molecule has 2 heterocycles. The maximum absolute atomic E-state index is 13.0. The number of nitrogens with zero attached hydrogens (tertiary/aromatic N) is 2. The van der Waals surface area contributed by atoms with Crippen molar-refractivity contribution in [3.8, 4) is 0 Å². The smallest absolute Gasteiger partial charge is 0.223 e. The Kier molecular flexibility index (Phi) is 5.71. The minimum absolute atomic E-state index is 0.0762. The van der Waals surface area contributed by atoms with Crippen LogP contribution in [0.3, 0.4) is 0 Å². The molecule has 0 aliphatic carbocycles. The summed E-state index contributed by atoms with van der Waals surface area (Å²) in [7, 11) is 0. The lowest BCUT2D eigenvalue weighted by Crippen LogP contribution is -2.38. The van der Waals surface area contributed by atoms with Gasteiger partial charge in [-0.15, -0.1) is 0 Å². The molecule has 3 rings (SSSR count). The average Bonchev–Trinajstić information content (AvgIpc) is 2.88. The number of carbonyl (C=O) groups excluding carboxylic acids is 2. The zero-order chi connectivity index (χ0) is 17.8. The molecule has 0 aromatic heterocycles. The highest BCUT2D eigenvalue weighted by Crippen LogP contribution is 2.24. The third-order valence-corrected chi connectivity index (χ3v) is 5.52. The SMILES string of the molecule is C[C@@H](CC(=O)N1CCC[C@@H](N2CCCC2=O)CC1)c1ccc(F)cc1. The van der Waals surface area contributed by atoms with E-state index in [2.05, 4.69) is 0 Å². The largest absolute Gasteiger partial charge is 0.343 e. The van der Waals surface area contributed by atoms with Crippen LogP contribution in [0.5, 0.6) is 0 Å². The molecule has 0 unspecified atom stereocenters. The number of amides is 2. The molecule has 1 aromatic carbocycles. The van der Waals surface area contributed by atoms with Gasteiger partial charge in [0, 0.05) is 38.5 Å². The molecular formula is C20H27FN2O2. The second-order valence-electron chi connectivity index (χ2n) is 7.31. The van der Waals surface area contributed by atoms with E-state index in [4.69, 9.17) is 0 Å². The van der Waals surface area contributed by atoms with Gasteiger partial charge in [0.05, 0.1) is 0 Å². The Morgan fingerprint density at radius 3 is 2.60 bits per heavy atom. The van der Waals surface area contributed by atoms with E-state index in [1.54, 1.807) is 12.1 Å². The fraction of sp³-hybridized carbons (Fsp3) is 0.600. The number of hydrogen-bond acceptors (Lipinski definition) is 2. The van der Waals surface area contributed by atoms with Gasteiger partial charge >= 0.3 is 0 Å². The Morgan fingerprint density at radius 1 is 1.16 bits per heavy atom. The highest BCUT2D eigenvalue weighted by atomic mass is 19.1. The van der Waals surface area contributed by atoms with E-state index in [1.165, 1.54) is 12.1 Å². The van der Waals surface area contributed by atoms with Gasteiger partial charge < -0.3 is 9.80 Å². The third kappa shape index (κ3) is 4.39. The Morgan fingerprint density at radius 2 is 1.92 bits per heavy atom. The van der Waals surface area contributed by atoms with Crippen molar-refractivity contribution in [2.75, 3.05) is 19.6 Å². The minimum atomic E-state index is -0.253. The molecule has 5 heteroatoms. The molecule has 4 nitrogen and oxygen atoms in total. The van der Waals surface area contributed by atoms with Crippen molar-refractivity contribution in [3.05, 3.63) is 35.6 Å². The van der Waals surface area contributed by atoms with Crippen molar-refractivity contribution in [1.82, 2.24) is 9.80 Å². The normalized spacial score (nSPS) is 22.8. The standard InChI is InChI=1S/C20H27FN2O2/c1-15(16-6-8-17(21)9-7-16)14-20(25)22-11-2-4-18(10-13-22)23-12-3-5-19(23)24/h6-9,15,18H,2-5,10-14H2,1H3/t15-,18+/m0/s1. The lowest BCUT2D eigenvalue weighted by molar-refractivity contribution is -0.131. The Labute approximate surface area is 149 Å². The van der Waals surface area contributed by atoms with E-state index >= 15 is 0 Å². The molecule has 25 heavy (non-hydrogen) atoms. The summed E-state index contributed by atoms with van der Waals surface area (Å²) < 4.78 is 13.0. The lowest BCUT2D eigenvalue weighted by Gasteiger charge is -2.27. The topological polar surface area (TPSA) is 40.6 Å². The van der Waals surface area contributed by atoms with Crippen LogP contribution in [0.4, 0.5) is 4.39 Å². The van der Waals surface area contributed by atoms with Gasteiger partial charge in [-0.1, -0.05) is 19.1 Å². The Balaban J connectivity index is 1.54. The molecule has 0 spiro atoms. The maximum Gasteiger partial charge on any atom is 0.223 e. The summed E-state index contributed by atoms with van der Waals surface area (Å²) in [5.74, 6) is 0.254. The average molecular weight is 346 g/mol. The van der Waals surface area contributed by atoms with Crippen molar-refractivity contribution in [1.29, 1.82) is 0 Å². The van der Waals surface area contributed by atoms with Gasteiger partial charge in [0.2, 0.25) is 11.8 Å². The first kappa shape index (κ1) is 17.9. The summed E-state index contributed by atoms with van der Waals surface area (Å²) >= 11 is 0. The molecule has 2 atom stereocenters. The summed E-state index contributed by atoms with van der Waals surface area (Å²) in [5.41, 5.74) is 0.991. The number of rotatable bonds is 4. The van der Waals surface area contributed by atoms with E-state index in [0.29, 0.717) is 18.9 Å². The van der Waals surface area contributed by atoms with Crippen molar-refractivity contribution in [3.63, 3.8) is 0 Å². The van der Waals surface area contributed by atoms with Gasteiger partial charge in [0.25, 0.3) is 0 Å². The summed E-state index contributed by atoms with van der Waals surface area (Å²) in [6, 6.07) is 6.69. The first-order valence-electron chi connectivity index (χ1n) is 9.37. The molecule has 1 aromatic rings. The van der Waals surface area contributed by atoms with Gasteiger partial charge in [0.15, 0.2) is 0 Å². The molecule has 136 valence electrons. The number of carbonyl (C=O) groups is 2. The number of likely N-dealkylation sites (tertiary alicyclic amines) is 2. The molecule has 2 amide bonds. The van der Waals surface area contributed by atoms with E-state index in [9.17, 15) is 14.0 Å². The highest BCUT2D eigenvalue weighted by molar-refractivity contribution is 5.78. The first-order chi connectivity index (χ1) is 12.0. The van der Waals surface area contributed by atoms with Crippen molar-refractivity contribution in [2.45, 2.75) is 57.4 Å². The Bertz CT molecular complexity index is 617. The molecule has 2 aliphatic heterocycles. The monoisotopic (exact) mass is 346 g/mol. The van der Waals surface area contributed by atoms with Crippen molar-refractivity contribution in [2.24, 2.45) is 0 Å². The van der Waals surface area contributed by atoms with Gasteiger partial charge in [-0.05, 0) is 49.3 Å². The third-order valence-electron chi connectivity index (χ3n) is 5.52. The molecule has 0 bridgehead atoms. The molecule has 0 radical (unpaired) electrons. The summed E-state index contributed by atoms with van der Waals surface area (Å²) in [6.45, 7) is 4.38. The number of hydrogen-bond donors (Lipinski definition) is 0. The zero-order valence-electron chi connectivity index (χ0n) is 14.9. The van der Waals surface area contributed by atoms with E-state index in [1.807, 2.05) is 16.7 Å². The van der Waals surface area contributed by atoms with Gasteiger partial charge in [0.1, 0.15) is 5.82 Å². The van der Waals surface area contributed by atoms with Gasteiger partial charge in [-0.2, -0.15) is 0 Å². The molecule has 2 aliphatic rings. The van der Waals surface area contributed by atoms with Gasteiger partial charge in [-0.25, -0.2) is 4.39 Å². The predicted octanol–water partition coefficient (Wildman–Crippen LogP) is 3.32. The van der Waals surface area contributed by atoms with Crippen LogP contribution in [0, 0.1) is 5.82 Å². The van der Waals surface area contributed by atoms with Crippen LogP contribution in [0.2, 0.25) is 0 Å². The van der Waals surface area contributed by atoms with Crippen LogP contribution >= 0.6 is 0 Å². The molecular weight excluding hydrogens is 319 g/mol. The molecule has 2 saturated heterocycles. The lowest BCUT2D eigenvalue weighted by atomic mass is 9.97. The minimum Gasteiger partial charge on any atom is -0.343 e. The van der Waals surface area contributed by atoms with Crippen LogP contribution in [-0.2, 0) is 9.59 Å². The predicted molar refractivity (Wildman–Crippen MR) is 94.6 cm³/mol. The van der Waals surface area contributed by atoms with Crippen molar-refractivity contribution < 1.29 is 14.0 Å². The molecule has 2 fully saturated rings. The maximum atomic E-state index is 13.0. The van der Waals surface area contributed by atoms with Crippen LogP contribution in [0.1, 0.15) is 56.9 Å². The number of benzene rings is 1. The summed E-state index contributed by atoms with van der Waals surface area (Å²) in [5, 5.41) is 0. The van der Waals surface area contributed by atoms with Crippen LogP contribution in [-0.4, -0.2) is 47.3 Å².